The molecule has 1 rings (SSSR count). The monoisotopic (exact) mass is 265 g/mol. The largest absolute Gasteiger partial charge is 0.504 e. The first kappa shape index (κ1) is 13.6. The van der Waals surface area contributed by atoms with E-state index >= 15 is 0 Å². The molecule has 0 spiro atoms. The van der Waals surface area contributed by atoms with Crippen molar-refractivity contribution >= 4 is 17.6 Å². The predicted molar refractivity (Wildman–Crippen MR) is 51.4 cm³/mol. The molecule has 0 radical (unpaired) electrons. The van der Waals surface area contributed by atoms with E-state index in [-0.39, 0.29) is 0 Å². The van der Waals surface area contributed by atoms with Gasteiger partial charge < -0.3 is 20.6 Å². The molecule has 0 saturated heterocycles. The number of carboxylic acids is 1. The smallest absolute Gasteiger partial charge is 0.471 e. The number of carbonyl (C=O) groups excluding carboxylic acids is 1. The van der Waals surface area contributed by atoms with E-state index in [0.29, 0.717) is 12.1 Å². The molecule has 1 amide bonds. The van der Waals surface area contributed by atoms with Gasteiger partial charge in [0, 0.05) is 11.8 Å². The number of phenolic OH excluding ortho intramolecular Hbond substituents is 1. The van der Waals surface area contributed by atoms with Crippen LogP contribution in [0.15, 0.2) is 12.1 Å². The highest BCUT2D eigenvalue weighted by Crippen LogP contribution is 2.33. The summed E-state index contributed by atoms with van der Waals surface area (Å²) in [6.07, 6.45) is -5.16. The molecule has 0 aromatic heterocycles. The normalized spacial score (nSPS) is 11.1. The van der Waals surface area contributed by atoms with Crippen molar-refractivity contribution in [2.45, 2.75) is 6.18 Å². The molecule has 0 heterocycles. The molecule has 18 heavy (non-hydrogen) atoms. The van der Waals surface area contributed by atoms with Crippen molar-refractivity contribution in [3.8, 4) is 11.5 Å². The Morgan fingerprint density at radius 1 is 1.17 bits per heavy atom. The van der Waals surface area contributed by atoms with E-state index in [1.54, 1.807) is 0 Å². The Morgan fingerprint density at radius 2 is 1.72 bits per heavy atom. The standard InChI is InChI=1S/C9H6F3NO5/c10-9(11,12)8(18)13-3-1-4(7(16)17)6(15)5(14)2-3/h1-2,14-15H,(H,13,18)(H,16,17). The van der Waals surface area contributed by atoms with Gasteiger partial charge in [-0.3, -0.25) is 4.79 Å². The SMILES string of the molecule is O=C(O)c1cc(NC(=O)C(F)(F)F)cc(O)c1O. The number of amides is 1. The quantitative estimate of drug-likeness (QED) is 0.476. The van der Waals surface area contributed by atoms with Crippen molar-refractivity contribution < 1.29 is 38.1 Å². The number of carboxylic acid groups (broad SMARTS) is 1. The van der Waals surface area contributed by atoms with E-state index in [9.17, 15) is 22.8 Å². The number of alkyl halides is 3. The molecule has 0 saturated carbocycles. The van der Waals surface area contributed by atoms with E-state index in [1.807, 2.05) is 0 Å². The number of hydrogen-bond acceptors (Lipinski definition) is 4. The summed E-state index contributed by atoms with van der Waals surface area (Å²) in [5.74, 6) is -5.98. The predicted octanol–water partition coefficient (Wildman–Crippen LogP) is 1.30. The van der Waals surface area contributed by atoms with Crippen LogP contribution < -0.4 is 5.32 Å². The lowest BCUT2D eigenvalue weighted by molar-refractivity contribution is -0.167. The van der Waals surface area contributed by atoms with Crippen LogP contribution >= 0.6 is 0 Å². The first-order chi connectivity index (χ1) is 8.12. The van der Waals surface area contributed by atoms with Crippen molar-refractivity contribution in [3.63, 3.8) is 0 Å². The third-order valence-corrected chi connectivity index (χ3v) is 1.84. The number of aromatic hydroxyl groups is 2. The third-order valence-electron chi connectivity index (χ3n) is 1.84. The molecule has 6 nitrogen and oxygen atoms in total. The van der Waals surface area contributed by atoms with Crippen molar-refractivity contribution in [1.82, 2.24) is 0 Å². The Kier molecular flexibility index (Phi) is 3.35. The zero-order chi connectivity index (χ0) is 14.1. The Hall–Kier alpha value is -2.45. The molecule has 1 aromatic rings. The van der Waals surface area contributed by atoms with Gasteiger partial charge in [-0.05, 0) is 6.07 Å². The Balaban J connectivity index is 3.13. The lowest BCUT2D eigenvalue weighted by Crippen LogP contribution is -2.29. The van der Waals surface area contributed by atoms with Crippen LogP contribution in [0.5, 0.6) is 11.5 Å². The van der Waals surface area contributed by atoms with Crippen molar-refractivity contribution in [2.24, 2.45) is 0 Å². The number of carbonyl (C=O) groups is 2. The molecule has 0 aliphatic rings. The summed E-state index contributed by atoms with van der Waals surface area (Å²) in [5, 5.41) is 28.2. The molecule has 0 atom stereocenters. The van der Waals surface area contributed by atoms with Crippen molar-refractivity contribution in [2.75, 3.05) is 5.32 Å². The molecule has 0 aliphatic heterocycles. The van der Waals surface area contributed by atoms with Crippen LogP contribution in [-0.2, 0) is 4.79 Å². The van der Waals surface area contributed by atoms with Crippen LogP contribution in [0.25, 0.3) is 0 Å². The molecule has 0 bridgehead atoms. The average molecular weight is 265 g/mol. The molecule has 0 aliphatic carbocycles. The van der Waals surface area contributed by atoms with E-state index in [4.69, 9.17) is 15.3 Å². The second kappa shape index (κ2) is 4.43. The third kappa shape index (κ3) is 2.81. The number of halogens is 3. The number of rotatable bonds is 2. The minimum atomic E-state index is -5.16. The number of phenols is 2. The molecular weight excluding hydrogens is 259 g/mol. The highest BCUT2D eigenvalue weighted by Gasteiger charge is 2.38. The average Bonchev–Trinajstić information content (AvgIpc) is 2.21. The van der Waals surface area contributed by atoms with Gasteiger partial charge in [0.25, 0.3) is 0 Å². The van der Waals surface area contributed by atoms with Gasteiger partial charge in [-0.2, -0.15) is 13.2 Å². The fourth-order valence-electron chi connectivity index (χ4n) is 1.06. The molecule has 98 valence electrons. The summed E-state index contributed by atoms with van der Waals surface area (Å²) in [7, 11) is 0. The minimum Gasteiger partial charge on any atom is -0.504 e. The van der Waals surface area contributed by atoms with Gasteiger partial charge >= 0.3 is 18.1 Å². The van der Waals surface area contributed by atoms with E-state index in [1.165, 1.54) is 5.32 Å². The topological polar surface area (TPSA) is 107 Å². The van der Waals surface area contributed by atoms with E-state index < -0.39 is 40.8 Å². The molecule has 9 heteroatoms. The summed E-state index contributed by atoms with van der Waals surface area (Å²) in [5.41, 5.74) is -1.45. The summed E-state index contributed by atoms with van der Waals surface area (Å²) in [6.45, 7) is 0. The maximum atomic E-state index is 11.9. The van der Waals surface area contributed by atoms with Gasteiger partial charge in [-0.15, -0.1) is 0 Å². The first-order valence-electron chi connectivity index (χ1n) is 4.30. The lowest BCUT2D eigenvalue weighted by atomic mass is 10.1. The highest BCUT2D eigenvalue weighted by atomic mass is 19.4. The Labute approximate surface area is 97.3 Å². The summed E-state index contributed by atoms with van der Waals surface area (Å²) < 4.78 is 35.8. The first-order valence-corrected chi connectivity index (χ1v) is 4.30. The van der Waals surface area contributed by atoms with E-state index in [2.05, 4.69) is 0 Å². The maximum absolute atomic E-state index is 11.9. The zero-order valence-electron chi connectivity index (χ0n) is 8.45. The Morgan fingerprint density at radius 3 is 2.17 bits per heavy atom. The minimum absolute atomic E-state index is 0.584. The molecule has 1 aromatic carbocycles. The maximum Gasteiger partial charge on any atom is 0.471 e. The van der Waals surface area contributed by atoms with Gasteiger partial charge in [0.2, 0.25) is 0 Å². The van der Waals surface area contributed by atoms with E-state index in [0.717, 1.165) is 0 Å². The number of nitrogens with one attached hydrogen (secondary N) is 1. The Bertz CT molecular complexity index is 512. The van der Waals surface area contributed by atoms with Crippen LogP contribution in [0.2, 0.25) is 0 Å². The van der Waals surface area contributed by atoms with Gasteiger partial charge in [0.15, 0.2) is 11.5 Å². The second-order valence-corrected chi connectivity index (χ2v) is 3.15. The number of hydrogen-bond donors (Lipinski definition) is 4. The second-order valence-electron chi connectivity index (χ2n) is 3.15. The van der Waals surface area contributed by atoms with Gasteiger partial charge in [-0.1, -0.05) is 0 Å². The van der Waals surface area contributed by atoms with Crippen LogP contribution in [0.4, 0.5) is 18.9 Å². The summed E-state index contributed by atoms with van der Waals surface area (Å²) >= 11 is 0. The summed E-state index contributed by atoms with van der Waals surface area (Å²) in [6, 6.07) is 1.17. The van der Waals surface area contributed by atoms with Gasteiger partial charge in [0.05, 0.1) is 0 Å². The highest BCUT2D eigenvalue weighted by molar-refractivity contribution is 5.98. The van der Waals surface area contributed by atoms with Crippen LogP contribution in [0.3, 0.4) is 0 Å². The van der Waals surface area contributed by atoms with Crippen LogP contribution in [0, 0.1) is 0 Å². The van der Waals surface area contributed by atoms with Crippen LogP contribution in [0.1, 0.15) is 10.4 Å². The number of aromatic carboxylic acids is 1. The molecule has 4 N–H and O–H groups in total. The molecular formula is C9H6F3NO5. The zero-order valence-corrected chi connectivity index (χ0v) is 8.45. The van der Waals surface area contributed by atoms with Crippen molar-refractivity contribution in [3.05, 3.63) is 17.7 Å². The van der Waals surface area contributed by atoms with Crippen molar-refractivity contribution in [1.29, 1.82) is 0 Å². The van der Waals surface area contributed by atoms with Gasteiger partial charge in [0.1, 0.15) is 5.56 Å². The molecule has 0 unspecified atom stereocenters. The van der Waals surface area contributed by atoms with Gasteiger partial charge in [-0.25, -0.2) is 4.79 Å². The number of anilines is 1. The van der Waals surface area contributed by atoms with Crippen LogP contribution in [-0.4, -0.2) is 33.4 Å². The number of benzene rings is 1. The fraction of sp³-hybridized carbons (Fsp3) is 0.111. The summed E-state index contributed by atoms with van der Waals surface area (Å²) in [4.78, 5) is 21.2. The molecule has 0 fully saturated rings. The fourth-order valence-corrected chi connectivity index (χ4v) is 1.06. The lowest BCUT2D eigenvalue weighted by Gasteiger charge is -2.10.